The number of Topliss-reactive ketones (excluding diaryl/α,β-unsaturated/α-hetero) is 1. The molecule has 0 saturated heterocycles. The van der Waals surface area contributed by atoms with Crippen LogP contribution in [0.3, 0.4) is 0 Å². The normalized spacial score (nSPS) is 22.7. The highest BCUT2D eigenvalue weighted by Crippen LogP contribution is 2.56. The van der Waals surface area contributed by atoms with E-state index in [1.807, 2.05) is 62.4 Å². The topological polar surface area (TPSA) is 43.4 Å². The fourth-order valence-electron chi connectivity index (χ4n) is 3.13. The van der Waals surface area contributed by atoms with E-state index in [1.54, 1.807) is 12.1 Å². The number of rotatable bonds is 5. The van der Waals surface area contributed by atoms with E-state index < -0.39 is 0 Å². The van der Waals surface area contributed by atoms with E-state index in [1.165, 1.54) is 0 Å². The Kier molecular flexibility index (Phi) is 4.28. The number of hydrogen-bond donors (Lipinski definition) is 0. The van der Waals surface area contributed by atoms with E-state index in [9.17, 15) is 9.59 Å². The number of hydrogen-bond acceptors (Lipinski definition) is 3. The Morgan fingerprint density at radius 2 is 1.43 bits per heavy atom. The summed E-state index contributed by atoms with van der Waals surface area (Å²) in [5.74, 6) is -1.05. The van der Waals surface area contributed by atoms with E-state index >= 15 is 0 Å². The van der Waals surface area contributed by atoms with Crippen molar-refractivity contribution >= 4 is 11.8 Å². The molecule has 1 aliphatic carbocycles. The van der Waals surface area contributed by atoms with Gasteiger partial charge in [-0.1, -0.05) is 60.7 Å². The first-order chi connectivity index (χ1) is 11.1. The van der Waals surface area contributed by atoms with Gasteiger partial charge in [0.25, 0.3) is 0 Å². The van der Waals surface area contributed by atoms with Crippen molar-refractivity contribution in [1.29, 1.82) is 0 Å². The maximum atomic E-state index is 12.8. The molecule has 2 aromatic rings. The zero-order valence-corrected chi connectivity index (χ0v) is 13.3. The zero-order chi connectivity index (χ0) is 16.4. The van der Waals surface area contributed by atoms with Gasteiger partial charge in [0, 0.05) is 17.4 Å². The molecule has 1 saturated carbocycles. The molecule has 0 heterocycles. The standard InChI is InChI=1S/C20H20O3/c1-13(2)23-20(22)18-16(14-9-5-3-6-10-14)17(18)19(21)15-11-7-4-8-12-15/h3-13,16-18H,1-2H3/t16-,17-,18+/m0/s1. The van der Waals surface area contributed by atoms with E-state index in [-0.39, 0.29) is 35.6 Å². The van der Waals surface area contributed by atoms with Gasteiger partial charge in [-0.05, 0) is 19.4 Å². The van der Waals surface area contributed by atoms with E-state index in [4.69, 9.17) is 4.74 Å². The molecule has 0 spiro atoms. The van der Waals surface area contributed by atoms with Gasteiger partial charge in [0.05, 0.1) is 12.0 Å². The van der Waals surface area contributed by atoms with Crippen LogP contribution < -0.4 is 0 Å². The zero-order valence-electron chi connectivity index (χ0n) is 13.3. The van der Waals surface area contributed by atoms with Crippen LogP contribution in [0.5, 0.6) is 0 Å². The average molecular weight is 308 g/mol. The third kappa shape index (κ3) is 3.19. The van der Waals surface area contributed by atoms with Gasteiger partial charge >= 0.3 is 5.97 Å². The van der Waals surface area contributed by atoms with Crippen molar-refractivity contribution in [3.8, 4) is 0 Å². The Labute approximate surface area is 136 Å². The van der Waals surface area contributed by atoms with Crippen LogP contribution in [0.1, 0.15) is 35.7 Å². The summed E-state index contributed by atoms with van der Waals surface area (Å²) in [6.45, 7) is 3.65. The summed E-state index contributed by atoms with van der Waals surface area (Å²) >= 11 is 0. The Balaban J connectivity index is 1.87. The minimum atomic E-state index is -0.382. The number of ether oxygens (including phenoxy) is 1. The second-order valence-electron chi connectivity index (χ2n) is 6.20. The molecule has 1 aliphatic rings. The summed E-state index contributed by atoms with van der Waals surface area (Å²) in [5.41, 5.74) is 1.67. The molecule has 0 radical (unpaired) electrons. The molecule has 0 aliphatic heterocycles. The lowest BCUT2D eigenvalue weighted by molar-refractivity contribution is -0.149. The quantitative estimate of drug-likeness (QED) is 0.622. The van der Waals surface area contributed by atoms with Gasteiger partial charge in [-0.15, -0.1) is 0 Å². The van der Waals surface area contributed by atoms with Gasteiger partial charge in [0.1, 0.15) is 0 Å². The summed E-state index contributed by atoms with van der Waals surface area (Å²) in [4.78, 5) is 25.2. The van der Waals surface area contributed by atoms with Gasteiger partial charge in [-0.3, -0.25) is 9.59 Å². The lowest BCUT2D eigenvalue weighted by Crippen LogP contribution is -2.16. The van der Waals surface area contributed by atoms with E-state index in [2.05, 4.69) is 0 Å². The summed E-state index contributed by atoms with van der Waals surface area (Å²) in [5, 5.41) is 0. The summed E-state index contributed by atoms with van der Waals surface area (Å²) in [7, 11) is 0. The maximum absolute atomic E-state index is 12.8. The van der Waals surface area contributed by atoms with Crippen LogP contribution in [0.2, 0.25) is 0 Å². The van der Waals surface area contributed by atoms with Gasteiger partial charge in [-0.2, -0.15) is 0 Å². The second-order valence-corrected chi connectivity index (χ2v) is 6.20. The molecule has 0 bridgehead atoms. The predicted molar refractivity (Wildman–Crippen MR) is 88.2 cm³/mol. The first-order valence-corrected chi connectivity index (χ1v) is 7.94. The van der Waals surface area contributed by atoms with Crippen molar-refractivity contribution in [2.24, 2.45) is 11.8 Å². The van der Waals surface area contributed by atoms with Gasteiger partial charge in [-0.25, -0.2) is 0 Å². The van der Waals surface area contributed by atoms with Gasteiger partial charge in [0.15, 0.2) is 5.78 Å². The molecule has 0 aromatic heterocycles. The molecule has 2 aromatic carbocycles. The second kappa shape index (κ2) is 6.37. The van der Waals surface area contributed by atoms with Gasteiger partial charge in [0.2, 0.25) is 0 Å². The van der Waals surface area contributed by atoms with Crippen molar-refractivity contribution in [3.63, 3.8) is 0 Å². The molecule has 0 unspecified atom stereocenters. The van der Waals surface area contributed by atoms with Crippen molar-refractivity contribution in [2.45, 2.75) is 25.9 Å². The fourth-order valence-corrected chi connectivity index (χ4v) is 3.13. The Bertz CT molecular complexity index is 691. The molecule has 23 heavy (non-hydrogen) atoms. The average Bonchev–Trinajstić information content (AvgIpc) is 3.31. The number of esters is 1. The first kappa shape index (κ1) is 15.5. The van der Waals surface area contributed by atoms with E-state index in [0.29, 0.717) is 5.56 Å². The predicted octanol–water partition coefficient (Wildman–Crippen LogP) is 3.85. The molecule has 3 rings (SSSR count). The van der Waals surface area contributed by atoms with Crippen LogP contribution in [0, 0.1) is 11.8 Å². The van der Waals surface area contributed by atoms with Crippen LogP contribution >= 0.6 is 0 Å². The highest BCUT2D eigenvalue weighted by atomic mass is 16.5. The maximum Gasteiger partial charge on any atom is 0.310 e. The third-order valence-corrected chi connectivity index (χ3v) is 4.19. The number of carbonyl (C=O) groups is 2. The summed E-state index contributed by atoms with van der Waals surface area (Å²) < 4.78 is 5.35. The lowest BCUT2D eigenvalue weighted by atomic mass is 10.0. The lowest BCUT2D eigenvalue weighted by Gasteiger charge is -2.07. The molecule has 3 heteroatoms. The highest BCUT2D eigenvalue weighted by Gasteiger charge is 2.60. The first-order valence-electron chi connectivity index (χ1n) is 7.94. The largest absolute Gasteiger partial charge is 0.463 e. The minimum absolute atomic E-state index is 0.0187. The minimum Gasteiger partial charge on any atom is -0.463 e. The van der Waals surface area contributed by atoms with Crippen LogP contribution in [-0.2, 0) is 9.53 Å². The van der Waals surface area contributed by atoms with Crippen molar-refractivity contribution < 1.29 is 14.3 Å². The molecule has 1 fully saturated rings. The molecular weight excluding hydrogens is 288 g/mol. The van der Waals surface area contributed by atoms with Gasteiger partial charge < -0.3 is 4.74 Å². The monoisotopic (exact) mass is 308 g/mol. The molecule has 118 valence electrons. The number of benzene rings is 2. The highest BCUT2D eigenvalue weighted by molar-refractivity contribution is 6.04. The molecule has 0 N–H and O–H groups in total. The summed E-state index contributed by atoms with van der Waals surface area (Å²) in [6, 6.07) is 18.9. The van der Waals surface area contributed by atoms with Crippen LogP contribution in [-0.4, -0.2) is 17.9 Å². The SMILES string of the molecule is CC(C)OC(=O)[C@H]1[C@@H](C(=O)c2ccccc2)[C@@H]1c1ccccc1. The molecule has 0 amide bonds. The Morgan fingerprint density at radius 1 is 0.870 bits per heavy atom. The number of ketones is 1. The smallest absolute Gasteiger partial charge is 0.310 e. The van der Waals surface area contributed by atoms with Crippen LogP contribution in [0.25, 0.3) is 0 Å². The van der Waals surface area contributed by atoms with Crippen molar-refractivity contribution in [2.75, 3.05) is 0 Å². The van der Waals surface area contributed by atoms with Crippen molar-refractivity contribution in [3.05, 3.63) is 71.8 Å². The Morgan fingerprint density at radius 3 is 2.00 bits per heavy atom. The number of carbonyl (C=O) groups excluding carboxylic acids is 2. The fraction of sp³-hybridized carbons (Fsp3) is 0.300. The molecule has 3 nitrogen and oxygen atoms in total. The van der Waals surface area contributed by atoms with Crippen molar-refractivity contribution in [1.82, 2.24) is 0 Å². The third-order valence-electron chi connectivity index (χ3n) is 4.19. The summed E-state index contributed by atoms with van der Waals surface area (Å²) in [6.07, 6.45) is -0.174. The molecular formula is C20H20O3. The molecule has 3 atom stereocenters. The Hall–Kier alpha value is -2.42. The van der Waals surface area contributed by atoms with E-state index in [0.717, 1.165) is 5.56 Å². The van der Waals surface area contributed by atoms with Crippen LogP contribution in [0.15, 0.2) is 60.7 Å². The van der Waals surface area contributed by atoms with Crippen LogP contribution in [0.4, 0.5) is 0 Å².